The van der Waals surface area contributed by atoms with Gasteiger partial charge in [0.05, 0.1) is 26.0 Å². The van der Waals surface area contributed by atoms with Gasteiger partial charge >= 0.3 is 11.9 Å². The Kier molecular flexibility index (Phi) is 3.43. The maximum absolute atomic E-state index is 11.7. The molecule has 0 bridgehead atoms. The van der Waals surface area contributed by atoms with Crippen LogP contribution >= 0.6 is 0 Å². The van der Waals surface area contributed by atoms with Crippen molar-refractivity contribution >= 4 is 11.9 Å². The van der Waals surface area contributed by atoms with Gasteiger partial charge in [-0.3, -0.25) is 9.59 Å². The van der Waals surface area contributed by atoms with Crippen molar-refractivity contribution in [1.29, 1.82) is 0 Å². The molecule has 0 amide bonds. The van der Waals surface area contributed by atoms with Gasteiger partial charge in [0.2, 0.25) is 0 Å². The van der Waals surface area contributed by atoms with Gasteiger partial charge < -0.3 is 14.4 Å². The lowest BCUT2D eigenvalue weighted by molar-refractivity contribution is -0.143. The molecule has 0 saturated carbocycles. The number of esters is 2. The second-order valence-corrected chi connectivity index (χ2v) is 2.47. The zero-order chi connectivity index (χ0) is 19.6. The van der Waals surface area contributed by atoms with Crippen molar-refractivity contribution in [3.8, 4) is 0 Å². The number of hydrogen-bond acceptors (Lipinski definition) is 5. The Hall–Kier alpha value is -1.10. The predicted octanol–water partition coefficient (Wildman–Crippen LogP) is 0.825. The molecule has 0 unspecified atom stereocenters. The van der Waals surface area contributed by atoms with Crippen LogP contribution in [0.2, 0.25) is 0 Å². The summed E-state index contributed by atoms with van der Waals surface area (Å²) in [6, 6.07) is 0. The Morgan fingerprint density at radius 2 is 1.44 bits per heavy atom. The molecule has 0 saturated heterocycles. The monoisotopic (exact) mass is 239 g/mol. The van der Waals surface area contributed by atoms with E-state index in [9.17, 15) is 9.59 Å². The third-order valence-corrected chi connectivity index (χ3v) is 1.20. The third kappa shape index (κ3) is 8.23. The molecule has 0 aromatic rings. The van der Waals surface area contributed by atoms with Crippen LogP contribution in [0.1, 0.15) is 37.6 Å². The van der Waals surface area contributed by atoms with Crippen molar-refractivity contribution in [2.24, 2.45) is 0 Å². The van der Waals surface area contributed by atoms with E-state index in [0.29, 0.717) is 7.05 Å². The molecular formula is C11H21NO4. The van der Waals surface area contributed by atoms with Crippen LogP contribution in [0.15, 0.2) is 0 Å². The highest BCUT2D eigenvalue weighted by Crippen LogP contribution is 1.94. The largest absolute Gasteiger partial charge is 0.466 e. The average molecular weight is 239 g/mol. The smallest absolute Gasteiger partial charge is 0.307 e. The molecule has 16 heavy (non-hydrogen) atoms. The molecule has 0 atom stereocenters. The van der Waals surface area contributed by atoms with Crippen LogP contribution in [0.3, 0.4) is 0 Å². The van der Waals surface area contributed by atoms with Crippen molar-refractivity contribution in [3.63, 3.8) is 0 Å². The van der Waals surface area contributed by atoms with Crippen LogP contribution in [0, 0.1) is 0 Å². The summed E-state index contributed by atoms with van der Waals surface area (Å²) in [4.78, 5) is 23.3. The Morgan fingerprint density at radius 1 is 1.06 bits per heavy atom. The van der Waals surface area contributed by atoms with E-state index in [0.717, 1.165) is 0 Å². The highest BCUT2D eigenvalue weighted by Gasteiger charge is 2.07. The first-order valence-corrected chi connectivity index (χ1v) is 4.70. The van der Waals surface area contributed by atoms with E-state index in [4.69, 9.17) is 11.0 Å². The molecule has 0 spiro atoms. The minimum atomic E-state index is -3.33. The SMILES string of the molecule is [2H]C([2H])(C(=O)OCC)C([2H])([2H])N(C)C([2H])([2H])C([2H])([2H])C(=O)OCC. The Morgan fingerprint density at radius 3 is 1.75 bits per heavy atom. The van der Waals surface area contributed by atoms with E-state index in [2.05, 4.69) is 9.47 Å². The minimum Gasteiger partial charge on any atom is -0.466 e. The van der Waals surface area contributed by atoms with Crippen molar-refractivity contribution in [2.45, 2.75) is 26.6 Å². The number of hydrogen-bond donors (Lipinski definition) is 0. The quantitative estimate of drug-likeness (QED) is 0.587. The summed E-state index contributed by atoms with van der Waals surface area (Å²) in [6.07, 6.45) is -6.65. The third-order valence-electron chi connectivity index (χ3n) is 1.20. The van der Waals surface area contributed by atoms with Crippen LogP contribution < -0.4 is 0 Å². The topological polar surface area (TPSA) is 55.8 Å². The first-order valence-electron chi connectivity index (χ1n) is 8.70. The van der Waals surface area contributed by atoms with Gasteiger partial charge in [0.25, 0.3) is 0 Å². The van der Waals surface area contributed by atoms with Crippen LogP contribution in [-0.4, -0.2) is 50.1 Å². The van der Waals surface area contributed by atoms with Crippen LogP contribution in [0.4, 0.5) is 0 Å². The fraction of sp³-hybridized carbons (Fsp3) is 0.818. The van der Waals surface area contributed by atoms with E-state index >= 15 is 0 Å². The lowest BCUT2D eigenvalue weighted by Gasteiger charge is -2.15. The predicted molar refractivity (Wildman–Crippen MR) is 60.0 cm³/mol. The summed E-state index contributed by atoms with van der Waals surface area (Å²) in [5, 5.41) is 0. The first kappa shape index (κ1) is 6.00. The maximum Gasteiger partial charge on any atom is 0.307 e. The Balaban J connectivity index is 5.82. The van der Waals surface area contributed by atoms with Crippen molar-refractivity contribution in [1.82, 2.24) is 4.90 Å². The molecule has 0 aliphatic heterocycles. The second kappa shape index (κ2) is 9.15. The molecule has 0 rings (SSSR count). The molecule has 5 heteroatoms. The Labute approximate surface area is 108 Å². The lowest BCUT2D eigenvalue weighted by atomic mass is 10.3. The molecule has 94 valence electrons. The maximum atomic E-state index is 11.7. The molecule has 0 aromatic heterocycles. The van der Waals surface area contributed by atoms with E-state index < -0.39 is 37.7 Å². The number of carbonyl (C=O) groups excluding carboxylic acids is 2. The molecule has 0 aliphatic rings. The van der Waals surface area contributed by atoms with Crippen molar-refractivity contribution in [3.05, 3.63) is 0 Å². The summed E-state index contributed by atoms with van der Waals surface area (Å²) in [6.45, 7) is -4.35. The van der Waals surface area contributed by atoms with E-state index in [-0.39, 0.29) is 18.1 Å². The van der Waals surface area contributed by atoms with Gasteiger partial charge in [-0.15, -0.1) is 0 Å². The molecule has 5 nitrogen and oxygen atoms in total. The molecular weight excluding hydrogens is 210 g/mol. The summed E-state index contributed by atoms with van der Waals surface area (Å²) in [5.41, 5.74) is 0. The zero-order valence-corrected chi connectivity index (χ0v) is 9.49. The fourth-order valence-corrected chi connectivity index (χ4v) is 0.621. The standard InChI is InChI=1S/C11H21NO4/c1-4-15-10(13)6-8-12(3)9-7-11(14)16-5-2/h4-9H2,1-3H3/i6D2,7D2,8D2,9D2. The number of rotatable bonds is 8. The zero-order valence-electron chi connectivity index (χ0n) is 17.5. The highest BCUT2D eigenvalue weighted by atomic mass is 16.5. The van der Waals surface area contributed by atoms with Gasteiger partial charge in [-0.25, -0.2) is 0 Å². The summed E-state index contributed by atoms with van der Waals surface area (Å²) >= 11 is 0. The second-order valence-electron chi connectivity index (χ2n) is 2.47. The summed E-state index contributed by atoms with van der Waals surface area (Å²) in [5.74, 6) is -3.15. The Bertz CT molecular complexity index is 441. The highest BCUT2D eigenvalue weighted by molar-refractivity contribution is 5.70. The fourth-order valence-electron chi connectivity index (χ4n) is 0.621. The number of ether oxygens (including phenoxy) is 2. The average Bonchev–Trinajstić information content (AvgIpc) is 2.46. The normalized spacial score (nSPS) is 21.2. The molecule has 0 fully saturated rings. The number of nitrogens with zero attached hydrogens (tertiary/aromatic N) is 1. The van der Waals surface area contributed by atoms with Crippen molar-refractivity contribution < 1.29 is 30.0 Å². The lowest BCUT2D eigenvalue weighted by Crippen LogP contribution is -2.25. The van der Waals surface area contributed by atoms with Crippen LogP contribution in [0.5, 0.6) is 0 Å². The first-order chi connectivity index (χ1) is 10.6. The molecule has 0 aliphatic carbocycles. The van der Waals surface area contributed by atoms with Gasteiger partial charge in [0, 0.05) is 24.0 Å². The minimum absolute atomic E-state index is 0.00778. The summed E-state index contributed by atoms with van der Waals surface area (Å²) < 4.78 is 70.4. The van der Waals surface area contributed by atoms with Crippen molar-refractivity contribution in [2.75, 3.05) is 33.3 Å². The molecule has 0 aromatic carbocycles. The van der Waals surface area contributed by atoms with E-state index in [1.54, 1.807) is 0 Å². The van der Waals surface area contributed by atoms with Gasteiger partial charge in [0.15, 0.2) is 0 Å². The van der Waals surface area contributed by atoms with Gasteiger partial charge in [0.1, 0.15) is 0 Å². The molecule has 0 heterocycles. The number of carbonyl (C=O) groups is 2. The van der Waals surface area contributed by atoms with Gasteiger partial charge in [-0.2, -0.15) is 0 Å². The van der Waals surface area contributed by atoms with E-state index in [1.165, 1.54) is 13.8 Å². The van der Waals surface area contributed by atoms with Gasteiger partial charge in [-0.1, -0.05) is 0 Å². The van der Waals surface area contributed by atoms with Crippen LogP contribution in [0.25, 0.3) is 0 Å². The van der Waals surface area contributed by atoms with E-state index in [1.807, 2.05) is 0 Å². The summed E-state index contributed by atoms with van der Waals surface area (Å²) in [7, 11) is 0.716. The molecule has 0 radical (unpaired) electrons. The molecule has 0 N–H and O–H groups in total. The van der Waals surface area contributed by atoms with Crippen LogP contribution in [-0.2, 0) is 19.1 Å². The van der Waals surface area contributed by atoms with Gasteiger partial charge in [-0.05, 0) is 20.9 Å².